The molecule has 0 N–H and O–H groups in total. The number of carbonyl (C=O) groups excluding carboxylic acids is 1. The first-order chi connectivity index (χ1) is 17.3. The number of hydrogen-bond donors (Lipinski definition) is 0. The molecule has 2 fully saturated rings. The third kappa shape index (κ3) is 5.27. The summed E-state index contributed by atoms with van der Waals surface area (Å²) in [4.78, 5) is 24.4. The number of aromatic nitrogens is 1. The molecule has 2 aliphatic heterocycles. The van der Waals surface area contributed by atoms with E-state index in [1.807, 2.05) is 10.3 Å². The van der Waals surface area contributed by atoms with Crippen molar-refractivity contribution in [1.29, 1.82) is 0 Å². The molecule has 2 atom stereocenters. The maximum atomic E-state index is 13.1. The van der Waals surface area contributed by atoms with Crippen LogP contribution in [0.2, 0.25) is 0 Å². The molecule has 0 saturated carbocycles. The van der Waals surface area contributed by atoms with E-state index in [1.54, 1.807) is 11.3 Å². The van der Waals surface area contributed by atoms with Crippen molar-refractivity contribution in [2.45, 2.75) is 27.0 Å². The quantitative estimate of drug-likeness (QED) is 0.468. The van der Waals surface area contributed by atoms with Crippen molar-refractivity contribution in [3.05, 3.63) is 71.7 Å². The Bertz CT molecular complexity index is 1120. The topological polar surface area (TPSA) is 48.9 Å². The first kappa shape index (κ1) is 25.1. The molecule has 6 nitrogen and oxygen atoms in total. The van der Waals surface area contributed by atoms with E-state index in [9.17, 15) is 4.79 Å². The second-order valence-electron chi connectivity index (χ2n) is 11.0. The highest BCUT2D eigenvalue weighted by atomic mass is 32.1. The second-order valence-corrected chi connectivity index (χ2v) is 14.2. The normalized spacial score (nSPS) is 21.0. The van der Waals surface area contributed by atoms with E-state index in [4.69, 9.17) is 9.41 Å². The highest BCUT2D eigenvalue weighted by Crippen LogP contribution is 2.43. The van der Waals surface area contributed by atoms with E-state index < -0.39 is 9.04 Å². The van der Waals surface area contributed by atoms with Crippen LogP contribution >= 0.6 is 11.3 Å². The predicted molar refractivity (Wildman–Crippen MR) is 150 cm³/mol. The van der Waals surface area contributed by atoms with Crippen LogP contribution in [0.25, 0.3) is 0 Å². The van der Waals surface area contributed by atoms with Crippen molar-refractivity contribution >= 4 is 41.8 Å². The lowest BCUT2D eigenvalue weighted by atomic mass is 9.74. The Kier molecular flexibility index (Phi) is 7.30. The zero-order valence-corrected chi connectivity index (χ0v) is 23.6. The van der Waals surface area contributed by atoms with E-state index in [2.05, 4.69) is 98.3 Å². The van der Waals surface area contributed by atoms with Crippen LogP contribution in [-0.4, -0.2) is 75.7 Å². The van der Waals surface area contributed by atoms with Crippen LogP contribution in [0.5, 0.6) is 0 Å². The van der Waals surface area contributed by atoms with E-state index >= 15 is 0 Å². The Balaban J connectivity index is 1.40. The first-order valence-electron chi connectivity index (χ1n) is 12.8. The summed E-state index contributed by atoms with van der Waals surface area (Å²) in [7, 11) is 0.163. The van der Waals surface area contributed by atoms with Gasteiger partial charge in [-0.25, -0.2) is 4.98 Å². The van der Waals surface area contributed by atoms with E-state index in [-0.39, 0.29) is 17.6 Å². The Morgan fingerprint density at radius 1 is 0.972 bits per heavy atom. The van der Waals surface area contributed by atoms with Gasteiger partial charge in [-0.3, -0.25) is 4.79 Å². The van der Waals surface area contributed by atoms with E-state index in [1.165, 1.54) is 10.4 Å². The molecule has 2 aliphatic rings. The highest BCUT2D eigenvalue weighted by molar-refractivity contribution is 7.14. The number of likely N-dealkylation sites (N-methyl/N-ethyl adjacent to an activating group) is 1. The lowest BCUT2D eigenvalue weighted by Gasteiger charge is -2.54. The van der Waals surface area contributed by atoms with Crippen molar-refractivity contribution < 1.29 is 9.22 Å². The third-order valence-electron chi connectivity index (χ3n) is 7.38. The molecule has 0 aliphatic carbocycles. The lowest BCUT2D eigenvalue weighted by molar-refractivity contribution is 0.00492. The van der Waals surface area contributed by atoms with Gasteiger partial charge >= 0.3 is 0 Å². The molecule has 5 rings (SSSR count). The van der Waals surface area contributed by atoms with E-state index in [0.717, 1.165) is 37.9 Å². The molecule has 2 aromatic carbocycles. The Labute approximate surface area is 220 Å². The summed E-state index contributed by atoms with van der Waals surface area (Å²) in [5.41, 5.74) is 0.654. The molecule has 2 unspecified atom stereocenters. The molecular formula is C28H36N4O2SSi. The summed E-state index contributed by atoms with van der Waals surface area (Å²) >= 11 is 1.55. The van der Waals surface area contributed by atoms with Gasteiger partial charge in [-0.1, -0.05) is 81.4 Å². The van der Waals surface area contributed by atoms with Crippen LogP contribution in [0.15, 0.2) is 66.0 Å². The zero-order chi connectivity index (χ0) is 25.3. The Morgan fingerprint density at radius 2 is 1.56 bits per heavy atom. The standard InChI is InChI=1S/C28H36N4O2SSi/c1-28(2,3)23-19-32(27-29-24(20-35-27)25(33)31-17-15-30(4)16-18-31)26(23)34-36(21-11-7-5-8-12-21)22-13-9-6-10-14-22/h5-14,20,23,26,36H,15-19H2,1-4H3. The number of hydrogen-bond acceptors (Lipinski definition) is 6. The number of anilines is 1. The minimum Gasteiger partial charge on any atom is -0.391 e. The van der Waals surface area contributed by atoms with Crippen LogP contribution in [0, 0.1) is 11.3 Å². The van der Waals surface area contributed by atoms with Crippen molar-refractivity contribution in [2.24, 2.45) is 11.3 Å². The van der Waals surface area contributed by atoms with Gasteiger partial charge in [-0.05, 0) is 22.8 Å². The molecule has 190 valence electrons. The first-order valence-corrected chi connectivity index (χ1v) is 15.3. The lowest BCUT2D eigenvalue weighted by Crippen LogP contribution is -2.65. The fourth-order valence-electron chi connectivity index (χ4n) is 4.95. The number of amides is 1. The fourth-order valence-corrected chi connectivity index (χ4v) is 8.25. The van der Waals surface area contributed by atoms with Gasteiger partial charge in [0.1, 0.15) is 11.9 Å². The van der Waals surface area contributed by atoms with Crippen LogP contribution in [0.3, 0.4) is 0 Å². The number of piperazine rings is 1. The van der Waals surface area contributed by atoms with Gasteiger partial charge in [0.2, 0.25) is 9.04 Å². The summed E-state index contributed by atoms with van der Waals surface area (Å²) in [6.07, 6.45) is -0.0696. The van der Waals surface area contributed by atoms with Gasteiger partial charge in [0.15, 0.2) is 5.13 Å². The van der Waals surface area contributed by atoms with Gasteiger partial charge in [-0.15, -0.1) is 11.3 Å². The minimum absolute atomic E-state index is 0.0387. The second kappa shape index (κ2) is 10.5. The largest absolute Gasteiger partial charge is 0.391 e. The van der Waals surface area contributed by atoms with Gasteiger partial charge in [0, 0.05) is 44.0 Å². The molecular weight excluding hydrogens is 484 g/mol. The maximum absolute atomic E-state index is 13.1. The minimum atomic E-state index is -1.93. The molecule has 0 radical (unpaired) electrons. The van der Waals surface area contributed by atoms with Crippen LogP contribution in [0.4, 0.5) is 5.13 Å². The van der Waals surface area contributed by atoms with Crippen molar-refractivity contribution in [2.75, 3.05) is 44.7 Å². The number of nitrogens with zero attached hydrogens (tertiary/aromatic N) is 4. The van der Waals surface area contributed by atoms with Crippen molar-refractivity contribution in [3.8, 4) is 0 Å². The molecule has 0 spiro atoms. The highest BCUT2D eigenvalue weighted by Gasteiger charge is 2.48. The van der Waals surface area contributed by atoms with Gasteiger partial charge in [-0.2, -0.15) is 0 Å². The van der Waals surface area contributed by atoms with Crippen LogP contribution < -0.4 is 15.3 Å². The summed E-state index contributed by atoms with van der Waals surface area (Å²) in [5, 5.41) is 5.34. The summed E-state index contributed by atoms with van der Waals surface area (Å²) in [6.45, 7) is 11.1. The Hall–Kier alpha value is -2.52. The molecule has 8 heteroatoms. The monoisotopic (exact) mass is 520 g/mol. The SMILES string of the molecule is CN1CCN(C(=O)c2csc(N3CC(C(C)(C)C)C3O[SiH](c3ccccc3)c3ccccc3)n2)CC1. The average Bonchev–Trinajstić information content (AvgIpc) is 3.33. The molecule has 2 saturated heterocycles. The fraction of sp³-hybridized carbons (Fsp3) is 0.429. The van der Waals surface area contributed by atoms with Gasteiger partial charge in [0.05, 0.1) is 0 Å². The number of benzene rings is 2. The predicted octanol–water partition coefficient (Wildman–Crippen LogP) is 2.89. The third-order valence-corrected chi connectivity index (χ3v) is 10.8. The maximum Gasteiger partial charge on any atom is 0.273 e. The number of thiazole rings is 1. The number of carbonyl (C=O) groups is 1. The van der Waals surface area contributed by atoms with Crippen LogP contribution in [-0.2, 0) is 4.43 Å². The van der Waals surface area contributed by atoms with Gasteiger partial charge < -0.3 is 19.1 Å². The van der Waals surface area contributed by atoms with Crippen LogP contribution in [0.1, 0.15) is 31.3 Å². The van der Waals surface area contributed by atoms with Crippen molar-refractivity contribution in [1.82, 2.24) is 14.8 Å². The molecule has 3 heterocycles. The molecule has 0 bridgehead atoms. The average molecular weight is 521 g/mol. The smallest absolute Gasteiger partial charge is 0.273 e. The Morgan fingerprint density at radius 3 is 2.11 bits per heavy atom. The summed E-state index contributed by atoms with van der Waals surface area (Å²) in [5.74, 6) is 0.414. The molecule has 36 heavy (non-hydrogen) atoms. The van der Waals surface area contributed by atoms with Gasteiger partial charge in [0.25, 0.3) is 5.91 Å². The summed E-state index contributed by atoms with van der Waals surface area (Å²) < 4.78 is 7.09. The zero-order valence-electron chi connectivity index (χ0n) is 21.6. The van der Waals surface area contributed by atoms with Crippen molar-refractivity contribution in [3.63, 3.8) is 0 Å². The summed E-state index contributed by atoms with van der Waals surface area (Å²) in [6, 6.07) is 21.3. The molecule has 1 aromatic heterocycles. The number of rotatable bonds is 6. The van der Waals surface area contributed by atoms with E-state index in [0.29, 0.717) is 11.6 Å². The molecule has 3 aromatic rings. The molecule has 1 amide bonds.